The van der Waals surface area contributed by atoms with Gasteiger partial charge in [-0.1, -0.05) is 23.4 Å². The molecule has 3 aromatic rings. The normalized spacial score (nSPS) is 10.7. The standard InChI is InChI=1S/C15H14N4O/c1-9-3-4-11(5-10(9)2)13-14(20-19-15(13)16)12-6-17-8-18-7-12/h3-8H,1-2H3,(H2,16,19). The molecule has 0 atom stereocenters. The maximum Gasteiger partial charge on any atom is 0.180 e. The molecule has 2 aromatic heterocycles. The Bertz CT molecular complexity index is 750. The van der Waals surface area contributed by atoms with Gasteiger partial charge in [0.1, 0.15) is 6.33 Å². The van der Waals surface area contributed by atoms with Gasteiger partial charge in [-0.05, 0) is 30.5 Å². The largest absolute Gasteiger partial charge is 0.380 e. The molecule has 3 rings (SSSR count). The van der Waals surface area contributed by atoms with Gasteiger partial charge in [0, 0.05) is 12.4 Å². The minimum absolute atomic E-state index is 0.368. The van der Waals surface area contributed by atoms with Gasteiger partial charge < -0.3 is 10.3 Å². The Morgan fingerprint density at radius 1 is 1.00 bits per heavy atom. The summed E-state index contributed by atoms with van der Waals surface area (Å²) < 4.78 is 5.35. The van der Waals surface area contributed by atoms with Gasteiger partial charge in [-0.15, -0.1) is 0 Å². The molecular formula is C15H14N4O. The molecule has 0 amide bonds. The van der Waals surface area contributed by atoms with Crippen molar-refractivity contribution < 1.29 is 4.52 Å². The van der Waals surface area contributed by atoms with Crippen molar-refractivity contribution in [1.29, 1.82) is 0 Å². The van der Waals surface area contributed by atoms with Crippen molar-refractivity contribution in [3.63, 3.8) is 0 Å². The second kappa shape index (κ2) is 4.77. The highest BCUT2D eigenvalue weighted by Crippen LogP contribution is 2.36. The quantitative estimate of drug-likeness (QED) is 0.771. The molecule has 0 saturated heterocycles. The van der Waals surface area contributed by atoms with E-state index in [0.29, 0.717) is 11.6 Å². The molecule has 0 aliphatic rings. The summed E-state index contributed by atoms with van der Waals surface area (Å²) in [6.45, 7) is 4.13. The van der Waals surface area contributed by atoms with Crippen molar-refractivity contribution in [3.05, 3.63) is 48.0 Å². The number of benzene rings is 1. The number of aryl methyl sites for hydroxylation is 2. The zero-order valence-electron chi connectivity index (χ0n) is 11.3. The zero-order valence-corrected chi connectivity index (χ0v) is 11.3. The average Bonchev–Trinajstić information content (AvgIpc) is 2.85. The third-order valence-electron chi connectivity index (χ3n) is 3.34. The van der Waals surface area contributed by atoms with E-state index >= 15 is 0 Å². The van der Waals surface area contributed by atoms with Crippen LogP contribution in [-0.2, 0) is 0 Å². The first-order valence-corrected chi connectivity index (χ1v) is 6.25. The minimum Gasteiger partial charge on any atom is -0.380 e. The molecule has 100 valence electrons. The van der Waals surface area contributed by atoms with Crippen LogP contribution in [0.25, 0.3) is 22.5 Å². The monoisotopic (exact) mass is 266 g/mol. The Morgan fingerprint density at radius 3 is 2.45 bits per heavy atom. The van der Waals surface area contributed by atoms with Crippen LogP contribution in [-0.4, -0.2) is 15.1 Å². The van der Waals surface area contributed by atoms with E-state index in [2.05, 4.69) is 41.1 Å². The second-order valence-electron chi connectivity index (χ2n) is 4.70. The Morgan fingerprint density at radius 2 is 1.75 bits per heavy atom. The number of aromatic nitrogens is 3. The molecule has 0 bridgehead atoms. The molecule has 0 saturated carbocycles. The number of nitrogen functional groups attached to an aromatic ring is 1. The van der Waals surface area contributed by atoms with Crippen LogP contribution in [0, 0.1) is 13.8 Å². The summed E-state index contributed by atoms with van der Waals surface area (Å²) in [6, 6.07) is 6.15. The number of hydrogen-bond acceptors (Lipinski definition) is 5. The van der Waals surface area contributed by atoms with E-state index in [-0.39, 0.29) is 0 Å². The third kappa shape index (κ3) is 2.03. The Balaban J connectivity index is 2.19. The number of nitrogens with zero attached hydrogens (tertiary/aromatic N) is 3. The van der Waals surface area contributed by atoms with Crippen molar-refractivity contribution >= 4 is 5.82 Å². The molecule has 5 nitrogen and oxygen atoms in total. The fraction of sp³-hybridized carbons (Fsp3) is 0.133. The number of anilines is 1. The van der Waals surface area contributed by atoms with E-state index in [1.54, 1.807) is 12.4 Å². The van der Waals surface area contributed by atoms with E-state index in [1.165, 1.54) is 17.5 Å². The van der Waals surface area contributed by atoms with Crippen molar-refractivity contribution in [2.45, 2.75) is 13.8 Å². The molecule has 2 heterocycles. The Hall–Kier alpha value is -2.69. The van der Waals surface area contributed by atoms with E-state index < -0.39 is 0 Å². The zero-order chi connectivity index (χ0) is 14.1. The average molecular weight is 266 g/mol. The fourth-order valence-corrected chi connectivity index (χ4v) is 2.09. The summed E-state index contributed by atoms with van der Waals surface area (Å²) in [4.78, 5) is 7.99. The molecule has 0 aliphatic carbocycles. The maximum absolute atomic E-state index is 5.95. The van der Waals surface area contributed by atoms with Crippen LogP contribution in [0.5, 0.6) is 0 Å². The summed E-state index contributed by atoms with van der Waals surface area (Å²) in [6.07, 6.45) is 4.83. The highest BCUT2D eigenvalue weighted by Gasteiger charge is 2.18. The predicted octanol–water partition coefficient (Wildman–Crippen LogP) is 3.00. The number of hydrogen-bond donors (Lipinski definition) is 1. The lowest BCUT2D eigenvalue weighted by atomic mass is 9.99. The molecule has 0 unspecified atom stereocenters. The molecule has 0 fully saturated rings. The molecular weight excluding hydrogens is 252 g/mol. The molecule has 1 aromatic carbocycles. The van der Waals surface area contributed by atoms with Crippen molar-refractivity contribution in [3.8, 4) is 22.5 Å². The first kappa shape index (κ1) is 12.3. The Labute approximate surface area is 116 Å². The summed E-state index contributed by atoms with van der Waals surface area (Å²) in [7, 11) is 0. The van der Waals surface area contributed by atoms with Crippen molar-refractivity contribution in [1.82, 2.24) is 15.1 Å². The summed E-state index contributed by atoms with van der Waals surface area (Å²) in [5, 5.41) is 3.87. The summed E-state index contributed by atoms with van der Waals surface area (Å²) in [5.41, 5.74) is 10.9. The maximum atomic E-state index is 5.95. The topological polar surface area (TPSA) is 77.8 Å². The van der Waals surface area contributed by atoms with Gasteiger partial charge in [-0.2, -0.15) is 0 Å². The van der Waals surface area contributed by atoms with Gasteiger partial charge in [0.05, 0.1) is 11.1 Å². The van der Waals surface area contributed by atoms with Crippen molar-refractivity contribution in [2.75, 3.05) is 5.73 Å². The van der Waals surface area contributed by atoms with Crippen LogP contribution in [0.2, 0.25) is 0 Å². The second-order valence-corrected chi connectivity index (χ2v) is 4.70. The van der Waals surface area contributed by atoms with Crippen LogP contribution in [0.15, 0.2) is 41.4 Å². The van der Waals surface area contributed by atoms with Crippen molar-refractivity contribution in [2.24, 2.45) is 0 Å². The molecule has 0 radical (unpaired) electrons. The Kier molecular flexibility index (Phi) is 2.95. The lowest BCUT2D eigenvalue weighted by molar-refractivity contribution is 0.436. The summed E-state index contributed by atoms with van der Waals surface area (Å²) >= 11 is 0. The number of rotatable bonds is 2. The van der Waals surface area contributed by atoms with E-state index in [0.717, 1.165) is 16.7 Å². The first-order chi connectivity index (χ1) is 9.66. The highest BCUT2D eigenvalue weighted by molar-refractivity contribution is 5.86. The summed E-state index contributed by atoms with van der Waals surface area (Å²) in [5.74, 6) is 0.957. The van der Waals surface area contributed by atoms with Gasteiger partial charge in [0.2, 0.25) is 0 Å². The first-order valence-electron chi connectivity index (χ1n) is 6.25. The van der Waals surface area contributed by atoms with Crippen LogP contribution in [0.3, 0.4) is 0 Å². The van der Waals surface area contributed by atoms with Gasteiger partial charge in [0.25, 0.3) is 0 Å². The molecule has 2 N–H and O–H groups in total. The molecule has 0 aliphatic heterocycles. The van der Waals surface area contributed by atoms with Crippen LogP contribution in [0.1, 0.15) is 11.1 Å². The minimum atomic E-state index is 0.368. The van der Waals surface area contributed by atoms with Gasteiger partial charge >= 0.3 is 0 Å². The fourth-order valence-electron chi connectivity index (χ4n) is 2.09. The van der Waals surface area contributed by atoms with E-state index in [1.807, 2.05) is 6.07 Å². The smallest absolute Gasteiger partial charge is 0.180 e. The van der Waals surface area contributed by atoms with Gasteiger partial charge in [0.15, 0.2) is 11.6 Å². The van der Waals surface area contributed by atoms with Crippen LogP contribution >= 0.6 is 0 Å². The molecule has 0 spiro atoms. The highest BCUT2D eigenvalue weighted by atomic mass is 16.5. The van der Waals surface area contributed by atoms with Crippen LogP contribution in [0.4, 0.5) is 5.82 Å². The molecule has 20 heavy (non-hydrogen) atoms. The molecule has 5 heteroatoms. The van der Waals surface area contributed by atoms with Gasteiger partial charge in [-0.25, -0.2) is 9.97 Å². The number of nitrogens with two attached hydrogens (primary N) is 1. The predicted molar refractivity (Wildman–Crippen MR) is 76.9 cm³/mol. The third-order valence-corrected chi connectivity index (χ3v) is 3.34. The van der Waals surface area contributed by atoms with E-state index in [9.17, 15) is 0 Å². The SMILES string of the molecule is Cc1ccc(-c2c(N)noc2-c2cncnc2)cc1C. The lowest BCUT2D eigenvalue weighted by Crippen LogP contribution is -1.91. The van der Waals surface area contributed by atoms with E-state index in [4.69, 9.17) is 10.3 Å². The van der Waals surface area contributed by atoms with Crippen LogP contribution < -0.4 is 5.73 Å². The lowest BCUT2D eigenvalue weighted by Gasteiger charge is -2.05. The van der Waals surface area contributed by atoms with Gasteiger partial charge in [-0.3, -0.25) is 0 Å².